The van der Waals surface area contributed by atoms with E-state index in [1.54, 1.807) is 25.1 Å². The summed E-state index contributed by atoms with van der Waals surface area (Å²) in [5.74, 6) is -0.199. The fourth-order valence-corrected chi connectivity index (χ4v) is 0.807. The second-order valence-corrected chi connectivity index (χ2v) is 2.26. The van der Waals surface area contributed by atoms with E-state index in [1.807, 2.05) is 13.8 Å². The molecule has 0 heterocycles. The van der Waals surface area contributed by atoms with Gasteiger partial charge in [-0.25, -0.2) is 4.39 Å². The van der Waals surface area contributed by atoms with Gasteiger partial charge in [0.2, 0.25) is 0 Å². The Bertz CT molecular complexity index is 251. The molecule has 1 heteroatoms. The van der Waals surface area contributed by atoms with Gasteiger partial charge >= 0.3 is 0 Å². The SMILES string of the molecule is C=C(C)c1ccccc1F.CC. The largest absolute Gasteiger partial charge is 0.206 e. The first-order valence-electron chi connectivity index (χ1n) is 4.12. The van der Waals surface area contributed by atoms with E-state index in [9.17, 15) is 4.39 Å². The summed E-state index contributed by atoms with van der Waals surface area (Å²) >= 11 is 0. The zero-order chi connectivity index (χ0) is 9.56. The smallest absolute Gasteiger partial charge is 0.130 e. The van der Waals surface area contributed by atoms with E-state index >= 15 is 0 Å². The molecule has 0 fully saturated rings. The molecule has 0 saturated carbocycles. The average molecular weight is 166 g/mol. The summed E-state index contributed by atoms with van der Waals surface area (Å²) < 4.78 is 12.8. The van der Waals surface area contributed by atoms with Gasteiger partial charge in [-0.05, 0) is 18.6 Å². The predicted molar refractivity (Wildman–Crippen MR) is 52.5 cm³/mol. The monoisotopic (exact) mass is 166 g/mol. The van der Waals surface area contributed by atoms with E-state index in [-0.39, 0.29) is 5.82 Å². The minimum Gasteiger partial charge on any atom is -0.206 e. The molecule has 0 aromatic heterocycles. The van der Waals surface area contributed by atoms with Crippen molar-refractivity contribution in [2.75, 3.05) is 0 Å². The Morgan fingerprint density at radius 1 is 1.25 bits per heavy atom. The van der Waals surface area contributed by atoms with Crippen LogP contribution in [0.15, 0.2) is 30.8 Å². The van der Waals surface area contributed by atoms with Crippen LogP contribution in [0.25, 0.3) is 5.57 Å². The van der Waals surface area contributed by atoms with Gasteiger partial charge in [0, 0.05) is 5.56 Å². The van der Waals surface area contributed by atoms with Crippen molar-refractivity contribution in [3.8, 4) is 0 Å². The van der Waals surface area contributed by atoms with Crippen LogP contribution < -0.4 is 0 Å². The second kappa shape index (κ2) is 5.53. The van der Waals surface area contributed by atoms with Gasteiger partial charge < -0.3 is 0 Å². The highest BCUT2D eigenvalue weighted by atomic mass is 19.1. The second-order valence-electron chi connectivity index (χ2n) is 2.26. The summed E-state index contributed by atoms with van der Waals surface area (Å²) in [5, 5.41) is 0. The van der Waals surface area contributed by atoms with E-state index in [2.05, 4.69) is 6.58 Å². The molecule has 0 aliphatic rings. The highest BCUT2D eigenvalue weighted by Gasteiger charge is 1.98. The summed E-state index contributed by atoms with van der Waals surface area (Å²) in [4.78, 5) is 0. The number of halogens is 1. The summed E-state index contributed by atoms with van der Waals surface area (Å²) in [6, 6.07) is 6.62. The Morgan fingerprint density at radius 3 is 2.08 bits per heavy atom. The molecule has 0 unspecified atom stereocenters. The average Bonchev–Trinajstić information content (AvgIpc) is 2.08. The topological polar surface area (TPSA) is 0 Å². The van der Waals surface area contributed by atoms with Crippen LogP contribution in [0.1, 0.15) is 26.3 Å². The first-order chi connectivity index (χ1) is 5.72. The van der Waals surface area contributed by atoms with Crippen molar-refractivity contribution in [2.45, 2.75) is 20.8 Å². The summed E-state index contributed by atoms with van der Waals surface area (Å²) in [7, 11) is 0. The minimum absolute atomic E-state index is 0.199. The molecule has 0 atom stereocenters. The minimum atomic E-state index is -0.199. The van der Waals surface area contributed by atoms with Crippen LogP contribution in [0.4, 0.5) is 4.39 Å². The van der Waals surface area contributed by atoms with Crippen LogP contribution in [0, 0.1) is 5.82 Å². The molecule has 0 aliphatic heterocycles. The van der Waals surface area contributed by atoms with Crippen molar-refractivity contribution in [3.63, 3.8) is 0 Å². The molecule has 0 amide bonds. The van der Waals surface area contributed by atoms with Gasteiger partial charge in [0.15, 0.2) is 0 Å². The molecule has 12 heavy (non-hydrogen) atoms. The standard InChI is InChI=1S/C9H9F.C2H6/c1-7(2)8-5-3-4-6-9(8)10;1-2/h3-6H,1H2,2H3;1-2H3. The van der Waals surface area contributed by atoms with Crippen LogP contribution >= 0.6 is 0 Å². The fourth-order valence-electron chi connectivity index (χ4n) is 0.807. The predicted octanol–water partition coefficient (Wildman–Crippen LogP) is 3.89. The first kappa shape index (κ1) is 10.9. The lowest BCUT2D eigenvalue weighted by Gasteiger charge is -1.98. The van der Waals surface area contributed by atoms with E-state index in [0.717, 1.165) is 5.57 Å². The van der Waals surface area contributed by atoms with Crippen LogP contribution in [0.5, 0.6) is 0 Å². The number of hydrogen-bond acceptors (Lipinski definition) is 0. The molecule has 0 radical (unpaired) electrons. The Hall–Kier alpha value is -1.11. The maximum atomic E-state index is 12.8. The first-order valence-corrected chi connectivity index (χ1v) is 4.12. The van der Waals surface area contributed by atoms with Crippen molar-refractivity contribution >= 4 is 5.57 Å². The molecule has 1 aromatic carbocycles. The molecule has 0 saturated heterocycles. The third kappa shape index (κ3) is 2.87. The van der Waals surface area contributed by atoms with Gasteiger partial charge in [-0.3, -0.25) is 0 Å². The molecule has 1 aromatic rings. The van der Waals surface area contributed by atoms with Crippen molar-refractivity contribution < 1.29 is 4.39 Å². The number of hydrogen-bond donors (Lipinski definition) is 0. The molecular formula is C11H15F. The molecule has 0 bridgehead atoms. The zero-order valence-corrected chi connectivity index (χ0v) is 7.89. The lowest BCUT2D eigenvalue weighted by molar-refractivity contribution is 0.624. The van der Waals surface area contributed by atoms with Crippen LogP contribution in [0.3, 0.4) is 0 Å². The zero-order valence-electron chi connectivity index (χ0n) is 7.89. The lowest BCUT2D eigenvalue weighted by Crippen LogP contribution is -1.82. The van der Waals surface area contributed by atoms with Gasteiger partial charge in [-0.2, -0.15) is 0 Å². The third-order valence-electron chi connectivity index (χ3n) is 1.33. The summed E-state index contributed by atoms with van der Waals surface area (Å²) in [5.41, 5.74) is 1.36. The van der Waals surface area contributed by atoms with E-state index in [4.69, 9.17) is 0 Å². The maximum Gasteiger partial charge on any atom is 0.130 e. The van der Waals surface area contributed by atoms with Crippen molar-refractivity contribution in [3.05, 3.63) is 42.2 Å². The molecule has 1 rings (SSSR count). The molecule has 0 nitrogen and oxygen atoms in total. The molecule has 0 N–H and O–H groups in total. The number of allylic oxidation sites excluding steroid dienone is 1. The molecule has 66 valence electrons. The fraction of sp³-hybridized carbons (Fsp3) is 0.273. The van der Waals surface area contributed by atoms with Crippen LogP contribution in [-0.2, 0) is 0 Å². The van der Waals surface area contributed by atoms with Crippen molar-refractivity contribution in [1.82, 2.24) is 0 Å². The van der Waals surface area contributed by atoms with E-state index in [0.29, 0.717) is 5.56 Å². The van der Waals surface area contributed by atoms with Crippen molar-refractivity contribution in [1.29, 1.82) is 0 Å². The van der Waals surface area contributed by atoms with Gasteiger partial charge in [0.25, 0.3) is 0 Å². The lowest BCUT2D eigenvalue weighted by atomic mass is 10.1. The third-order valence-corrected chi connectivity index (χ3v) is 1.33. The normalized spacial score (nSPS) is 8.33. The highest BCUT2D eigenvalue weighted by Crippen LogP contribution is 2.14. The Morgan fingerprint density at radius 2 is 1.75 bits per heavy atom. The van der Waals surface area contributed by atoms with E-state index < -0.39 is 0 Å². The van der Waals surface area contributed by atoms with E-state index in [1.165, 1.54) is 6.07 Å². The number of rotatable bonds is 1. The Balaban J connectivity index is 0.000000561. The van der Waals surface area contributed by atoms with Crippen molar-refractivity contribution in [2.24, 2.45) is 0 Å². The summed E-state index contributed by atoms with van der Waals surface area (Å²) in [6.07, 6.45) is 0. The van der Waals surface area contributed by atoms with Gasteiger partial charge in [0.05, 0.1) is 0 Å². The maximum absolute atomic E-state index is 12.8. The van der Waals surface area contributed by atoms with Gasteiger partial charge in [0.1, 0.15) is 5.82 Å². The van der Waals surface area contributed by atoms with Crippen LogP contribution in [-0.4, -0.2) is 0 Å². The molecule has 0 aliphatic carbocycles. The van der Waals surface area contributed by atoms with Gasteiger partial charge in [-0.15, -0.1) is 0 Å². The quantitative estimate of drug-likeness (QED) is 0.593. The summed E-state index contributed by atoms with van der Waals surface area (Å²) in [6.45, 7) is 9.44. The van der Waals surface area contributed by atoms with Gasteiger partial charge in [-0.1, -0.05) is 38.6 Å². The van der Waals surface area contributed by atoms with Crippen LogP contribution in [0.2, 0.25) is 0 Å². The Kier molecular flexibility index (Phi) is 5.02. The highest BCUT2D eigenvalue weighted by molar-refractivity contribution is 5.61. The Labute approximate surface area is 73.7 Å². The molecule has 0 spiro atoms. The number of benzene rings is 1. The molecular weight excluding hydrogens is 151 g/mol.